The zero-order valence-corrected chi connectivity index (χ0v) is 16.6. The highest BCUT2D eigenvalue weighted by molar-refractivity contribution is 6.33. The van der Waals surface area contributed by atoms with Crippen molar-refractivity contribution < 1.29 is 9.59 Å². The van der Waals surface area contributed by atoms with Crippen molar-refractivity contribution in [2.45, 2.75) is 46.7 Å². The van der Waals surface area contributed by atoms with Gasteiger partial charge in [-0.15, -0.1) is 0 Å². The second-order valence-electron chi connectivity index (χ2n) is 6.49. The van der Waals surface area contributed by atoms with Crippen LogP contribution in [0.15, 0.2) is 24.3 Å². The highest BCUT2D eigenvalue weighted by Crippen LogP contribution is 2.15. The minimum Gasteiger partial charge on any atom is -0.353 e. The van der Waals surface area contributed by atoms with Gasteiger partial charge in [0.1, 0.15) is 6.04 Å². The van der Waals surface area contributed by atoms with Gasteiger partial charge in [0.15, 0.2) is 0 Å². The van der Waals surface area contributed by atoms with Crippen LogP contribution in [0.1, 0.15) is 45.0 Å². The summed E-state index contributed by atoms with van der Waals surface area (Å²) >= 11 is 6.06. The molecule has 0 aliphatic rings. The van der Waals surface area contributed by atoms with Crippen molar-refractivity contribution in [3.63, 3.8) is 0 Å². The summed E-state index contributed by atoms with van der Waals surface area (Å²) in [6.07, 6.45) is 0. The van der Waals surface area contributed by atoms with Crippen molar-refractivity contribution in [2.24, 2.45) is 5.92 Å². The number of hydrogen-bond acceptors (Lipinski definition) is 3. The molecule has 0 radical (unpaired) electrons. The fraction of sp³-hybridized carbons (Fsp3) is 0.579. The Morgan fingerprint density at radius 1 is 1.12 bits per heavy atom. The highest BCUT2D eigenvalue weighted by Gasteiger charge is 2.25. The maximum absolute atomic E-state index is 12.6. The van der Waals surface area contributed by atoms with Crippen molar-refractivity contribution in [1.29, 1.82) is 0 Å². The Morgan fingerprint density at radius 3 is 2.24 bits per heavy atom. The van der Waals surface area contributed by atoms with Gasteiger partial charge in [-0.3, -0.25) is 14.5 Å². The Bertz CT molecular complexity index is 574. The van der Waals surface area contributed by atoms with Crippen LogP contribution in [0.25, 0.3) is 0 Å². The van der Waals surface area contributed by atoms with Gasteiger partial charge >= 0.3 is 0 Å². The number of nitrogens with zero attached hydrogens (tertiary/aromatic N) is 1. The van der Waals surface area contributed by atoms with E-state index >= 15 is 0 Å². The summed E-state index contributed by atoms with van der Waals surface area (Å²) in [5, 5.41) is 6.13. The van der Waals surface area contributed by atoms with E-state index in [1.54, 1.807) is 24.3 Å². The normalized spacial score (nSPS) is 13.6. The lowest BCUT2D eigenvalue weighted by Gasteiger charge is -2.28. The standard InChI is InChI=1S/C19H30ClN3O2/c1-6-23(7-2)14(5)12-21-19(25)17(13(3)4)22-18(24)15-10-8-9-11-16(15)20/h8-11,13-14,17H,6-7,12H2,1-5H3,(H,21,25)(H,22,24). The van der Waals surface area contributed by atoms with E-state index in [1.807, 2.05) is 13.8 Å². The monoisotopic (exact) mass is 367 g/mol. The summed E-state index contributed by atoms with van der Waals surface area (Å²) in [6, 6.07) is 6.46. The molecule has 0 saturated heterocycles. The van der Waals surface area contributed by atoms with E-state index < -0.39 is 6.04 Å². The maximum Gasteiger partial charge on any atom is 0.253 e. The van der Waals surface area contributed by atoms with E-state index in [-0.39, 0.29) is 23.8 Å². The number of likely N-dealkylation sites (N-methyl/N-ethyl adjacent to an activating group) is 1. The fourth-order valence-electron chi connectivity index (χ4n) is 2.73. The van der Waals surface area contributed by atoms with Crippen LogP contribution in [0.5, 0.6) is 0 Å². The van der Waals surface area contributed by atoms with Gasteiger partial charge in [-0.25, -0.2) is 0 Å². The molecule has 1 aromatic rings. The number of nitrogens with one attached hydrogen (secondary N) is 2. The molecule has 0 aromatic heterocycles. The molecule has 1 rings (SSSR count). The van der Waals surface area contributed by atoms with Gasteiger partial charge in [-0.1, -0.05) is 51.4 Å². The molecule has 2 unspecified atom stereocenters. The molecule has 25 heavy (non-hydrogen) atoms. The van der Waals surface area contributed by atoms with Gasteiger partial charge in [0, 0.05) is 12.6 Å². The Hall–Kier alpha value is -1.59. The number of rotatable bonds is 9. The lowest BCUT2D eigenvalue weighted by molar-refractivity contribution is -0.124. The van der Waals surface area contributed by atoms with E-state index in [1.165, 1.54) is 0 Å². The molecule has 0 heterocycles. The van der Waals surface area contributed by atoms with E-state index in [0.717, 1.165) is 13.1 Å². The Morgan fingerprint density at radius 2 is 1.72 bits per heavy atom. The molecule has 0 aliphatic heterocycles. The molecular weight excluding hydrogens is 338 g/mol. The van der Waals surface area contributed by atoms with Crippen molar-refractivity contribution >= 4 is 23.4 Å². The van der Waals surface area contributed by atoms with Crippen molar-refractivity contribution in [2.75, 3.05) is 19.6 Å². The van der Waals surface area contributed by atoms with Crippen LogP contribution < -0.4 is 10.6 Å². The van der Waals surface area contributed by atoms with Gasteiger partial charge in [-0.05, 0) is 38.1 Å². The maximum atomic E-state index is 12.6. The zero-order chi connectivity index (χ0) is 19.0. The van der Waals surface area contributed by atoms with Gasteiger partial charge in [0.25, 0.3) is 5.91 Å². The van der Waals surface area contributed by atoms with Crippen LogP contribution in [0.3, 0.4) is 0 Å². The van der Waals surface area contributed by atoms with Crippen molar-refractivity contribution in [3.05, 3.63) is 34.9 Å². The number of amides is 2. The second-order valence-corrected chi connectivity index (χ2v) is 6.90. The van der Waals surface area contributed by atoms with Crippen LogP contribution in [-0.2, 0) is 4.79 Å². The molecule has 5 nitrogen and oxygen atoms in total. The first kappa shape index (κ1) is 21.5. The summed E-state index contributed by atoms with van der Waals surface area (Å²) in [5.74, 6) is -0.541. The first-order valence-corrected chi connectivity index (χ1v) is 9.26. The average Bonchev–Trinajstić information content (AvgIpc) is 2.58. The molecule has 1 aromatic carbocycles. The Kier molecular flexibility index (Phi) is 8.93. The van der Waals surface area contributed by atoms with Gasteiger partial charge < -0.3 is 10.6 Å². The number of carbonyl (C=O) groups is 2. The van der Waals surface area contributed by atoms with Crippen LogP contribution in [0.4, 0.5) is 0 Å². The average molecular weight is 368 g/mol. The van der Waals surface area contributed by atoms with E-state index in [2.05, 4.69) is 36.3 Å². The molecule has 0 aliphatic carbocycles. The molecule has 2 amide bonds. The van der Waals surface area contributed by atoms with Crippen molar-refractivity contribution in [1.82, 2.24) is 15.5 Å². The van der Waals surface area contributed by atoms with E-state index in [0.29, 0.717) is 17.1 Å². The molecule has 6 heteroatoms. The van der Waals surface area contributed by atoms with Gasteiger partial charge in [0.2, 0.25) is 5.91 Å². The molecule has 2 atom stereocenters. The van der Waals surface area contributed by atoms with Gasteiger partial charge in [0.05, 0.1) is 10.6 Å². The molecule has 0 saturated carbocycles. The van der Waals surface area contributed by atoms with Crippen LogP contribution >= 0.6 is 11.6 Å². The lowest BCUT2D eigenvalue weighted by atomic mass is 10.0. The van der Waals surface area contributed by atoms with Crippen LogP contribution in [0, 0.1) is 5.92 Å². The predicted molar refractivity (Wildman–Crippen MR) is 103 cm³/mol. The molecule has 0 fully saturated rings. The quantitative estimate of drug-likeness (QED) is 0.705. The third-order valence-corrected chi connectivity index (χ3v) is 4.69. The molecule has 0 bridgehead atoms. The SMILES string of the molecule is CCN(CC)C(C)CNC(=O)C(NC(=O)c1ccccc1Cl)C(C)C. The zero-order valence-electron chi connectivity index (χ0n) is 15.8. The smallest absolute Gasteiger partial charge is 0.253 e. The first-order valence-electron chi connectivity index (χ1n) is 8.88. The topological polar surface area (TPSA) is 61.4 Å². The van der Waals surface area contributed by atoms with Crippen LogP contribution in [0.2, 0.25) is 5.02 Å². The third-order valence-electron chi connectivity index (χ3n) is 4.36. The summed E-state index contributed by atoms with van der Waals surface area (Å²) < 4.78 is 0. The highest BCUT2D eigenvalue weighted by atomic mass is 35.5. The minimum atomic E-state index is -0.604. The third kappa shape index (κ3) is 6.33. The number of hydrogen-bond donors (Lipinski definition) is 2. The minimum absolute atomic E-state index is 0.0322. The summed E-state index contributed by atoms with van der Waals surface area (Å²) in [5.41, 5.74) is 0.374. The molecule has 2 N–H and O–H groups in total. The summed E-state index contributed by atoms with van der Waals surface area (Å²) in [6.45, 7) is 12.5. The van der Waals surface area contributed by atoms with Crippen LogP contribution in [-0.4, -0.2) is 48.4 Å². The first-order chi connectivity index (χ1) is 11.8. The Labute approximate surface area is 156 Å². The number of carbonyl (C=O) groups excluding carboxylic acids is 2. The molecule has 140 valence electrons. The van der Waals surface area contributed by atoms with Gasteiger partial charge in [-0.2, -0.15) is 0 Å². The molecular formula is C19H30ClN3O2. The number of halogens is 1. The van der Waals surface area contributed by atoms with E-state index in [9.17, 15) is 9.59 Å². The van der Waals surface area contributed by atoms with Crippen molar-refractivity contribution in [3.8, 4) is 0 Å². The second kappa shape index (κ2) is 10.4. The number of benzene rings is 1. The largest absolute Gasteiger partial charge is 0.353 e. The van der Waals surface area contributed by atoms with E-state index in [4.69, 9.17) is 11.6 Å². The lowest BCUT2D eigenvalue weighted by Crippen LogP contribution is -2.52. The summed E-state index contributed by atoms with van der Waals surface area (Å²) in [4.78, 5) is 27.3. The molecule has 0 spiro atoms. The summed E-state index contributed by atoms with van der Waals surface area (Å²) in [7, 11) is 0. The Balaban J connectivity index is 2.71. The predicted octanol–water partition coefficient (Wildman–Crippen LogP) is 2.94. The fourth-order valence-corrected chi connectivity index (χ4v) is 2.96.